The number of hydrogen-bond donors (Lipinski definition) is 1. The SMILES string of the molecule is CCOC(=O)N(CC(=O)c1ccccc1)C(C(N)=O)C(C)C. The Labute approximate surface area is 130 Å². The molecular formula is C16H22N2O4. The molecule has 0 bridgehead atoms. The zero-order valence-electron chi connectivity index (χ0n) is 13.1. The van der Waals surface area contributed by atoms with Crippen molar-refractivity contribution in [3.8, 4) is 0 Å². The highest BCUT2D eigenvalue weighted by atomic mass is 16.6. The first-order valence-electron chi connectivity index (χ1n) is 7.19. The van der Waals surface area contributed by atoms with E-state index in [0.717, 1.165) is 4.90 Å². The first-order chi connectivity index (χ1) is 10.4. The van der Waals surface area contributed by atoms with Crippen LogP contribution in [-0.4, -0.2) is 41.9 Å². The summed E-state index contributed by atoms with van der Waals surface area (Å²) in [6.45, 7) is 5.07. The average molecular weight is 306 g/mol. The molecule has 2 N–H and O–H groups in total. The Morgan fingerprint density at radius 2 is 1.77 bits per heavy atom. The molecule has 1 aromatic rings. The number of nitrogens with two attached hydrogens (primary N) is 1. The second-order valence-corrected chi connectivity index (χ2v) is 5.21. The fourth-order valence-corrected chi connectivity index (χ4v) is 2.19. The van der Waals surface area contributed by atoms with Crippen LogP contribution in [0.4, 0.5) is 4.79 Å². The standard InChI is InChI=1S/C16H22N2O4/c1-4-22-16(21)18(14(11(2)3)15(17)20)10-13(19)12-8-6-5-7-9-12/h5-9,11,14H,4,10H2,1-3H3,(H2,17,20). The maximum atomic E-state index is 12.3. The molecule has 120 valence electrons. The van der Waals surface area contributed by atoms with Gasteiger partial charge in [-0.3, -0.25) is 14.5 Å². The summed E-state index contributed by atoms with van der Waals surface area (Å²) in [5.41, 5.74) is 5.85. The van der Waals surface area contributed by atoms with E-state index in [9.17, 15) is 14.4 Å². The van der Waals surface area contributed by atoms with Crippen molar-refractivity contribution in [1.29, 1.82) is 0 Å². The van der Waals surface area contributed by atoms with Crippen molar-refractivity contribution in [3.05, 3.63) is 35.9 Å². The van der Waals surface area contributed by atoms with Gasteiger partial charge >= 0.3 is 6.09 Å². The number of Topliss-reactive ketones (excluding diaryl/α,β-unsaturated/α-hetero) is 1. The predicted octanol–water partition coefficient (Wildman–Crippen LogP) is 1.84. The Bertz CT molecular complexity index is 528. The number of ether oxygens (including phenoxy) is 1. The van der Waals surface area contributed by atoms with Gasteiger partial charge in [0.15, 0.2) is 5.78 Å². The number of amides is 2. The minimum Gasteiger partial charge on any atom is -0.450 e. The molecule has 0 spiro atoms. The number of benzene rings is 1. The average Bonchev–Trinajstić information content (AvgIpc) is 2.46. The van der Waals surface area contributed by atoms with E-state index in [2.05, 4.69) is 0 Å². The fraction of sp³-hybridized carbons (Fsp3) is 0.438. The van der Waals surface area contributed by atoms with E-state index in [1.165, 1.54) is 0 Å². The van der Waals surface area contributed by atoms with Crippen LogP contribution in [0.25, 0.3) is 0 Å². The smallest absolute Gasteiger partial charge is 0.410 e. The van der Waals surface area contributed by atoms with E-state index < -0.39 is 18.0 Å². The van der Waals surface area contributed by atoms with Gasteiger partial charge in [-0.05, 0) is 12.8 Å². The van der Waals surface area contributed by atoms with Crippen LogP contribution >= 0.6 is 0 Å². The maximum Gasteiger partial charge on any atom is 0.410 e. The van der Waals surface area contributed by atoms with Crippen LogP contribution in [0.3, 0.4) is 0 Å². The Kier molecular flexibility index (Phi) is 6.56. The quantitative estimate of drug-likeness (QED) is 0.778. The van der Waals surface area contributed by atoms with Gasteiger partial charge in [-0.15, -0.1) is 0 Å². The van der Waals surface area contributed by atoms with Gasteiger partial charge in [0.1, 0.15) is 6.04 Å². The van der Waals surface area contributed by atoms with Gasteiger partial charge in [0.2, 0.25) is 5.91 Å². The second-order valence-electron chi connectivity index (χ2n) is 5.21. The van der Waals surface area contributed by atoms with Gasteiger partial charge < -0.3 is 10.5 Å². The van der Waals surface area contributed by atoms with Gasteiger partial charge in [-0.2, -0.15) is 0 Å². The summed E-state index contributed by atoms with van der Waals surface area (Å²) < 4.78 is 4.95. The van der Waals surface area contributed by atoms with Crippen LogP contribution in [0.1, 0.15) is 31.1 Å². The highest BCUT2D eigenvalue weighted by molar-refractivity contribution is 5.99. The highest BCUT2D eigenvalue weighted by Gasteiger charge is 2.33. The lowest BCUT2D eigenvalue weighted by molar-refractivity contribution is -0.124. The van der Waals surface area contributed by atoms with Crippen LogP contribution in [0.5, 0.6) is 0 Å². The van der Waals surface area contributed by atoms with Crippen molar-refractivity contribution < 1.29 is 19.1 Å². The molecule has 0 heterocycles. The molecule has 0 fully saturated rings. The van der Waals surface area contributed by atoms with E-state index in [1.54, 1.807) is 51.1 Å². The molecule has 0 aliphatic heterocycles. The molecule has 0 aromatic heterocycles. The minimum atomic E-state index is -0.897. The number of carbonyl (C=O) groups excluding carboxylic acids is 3. The lowest BCUT2D eigenvalue weighted by Crippen LogP contribution is -2.52. The highest BCUT2D eigenvalue weighted by Crippen LogP contribution is 2.14. The topological polar surface area (TPSA) is 89.7 Å². The lowest BCUT2D eigenvalue weighted by Gasteiger charge is -2.30. The van der Waals surface area contributed by atoms with Gasteiger partial charge in [0, 0.05) is 5.56 Å². The summed E-state index contributed by atoms with van der Waals surface area (Å²) in [6.07, 6.45) is -0.718. The predicted molar refractivity (Wildman–Crippen MR) is 82.3 cm³/mol. The number of carbonyl (C=O) groups is 3. The zero-order chi connectivity index (χ0) is 16.7. The summed E-state index contributed by atoms with van der Waals surface area (Å²) in [6, 6.07) is 7.67. The normalized spacial score (nSPS) is 11.8. The first kappa shape index (κ1) is 17.7. The molecule has 0 aliphatic rings. The van der Waals surface area contributed by atoms with Crippen molar-refractivity contribution in [2.75, 3.05) is 13.2 Å². The lowest BCUT2D eigenvalue weighted by atomic mass is 10.0. The van der Waals surface area contributed by atoms with Gasteiger partial charge in [-0.25, -0.2) is 4.79 Å². The number of ketones is 1. The Morgan fingerprint density at radius 3 is 2.23 bits per heavy atom. The molecule has 0 radical (unpaired) electrons. The molecule has 6 nitrogen and oxygen atoms in total. The van der Waals surface area contributed by atoms with Gasteiger partial charge in [0.05, 0.1) is 13.2 Å². The van der Waals surface area contributed by atoms with E-state index in [-0.39, 0.29) is 24.9 Å². The number of hydrogen-bond acceptors (Lipinski definition) is 4. The van der Waals surface area contributed by atoms with Crippen molar-refractivity contribution in [2.45, 2.75) is 26.8 Å². The second kappa shape index (κ2) is 8.17. The third kappa shape index (κ3) is 4.58. The molecule has 1 atom stereocenters. The Morgan fingerprint density at radius 1 is 1.18 bits per heavy atom. The van der Waals surface area contributed by atoms with E-state index in [4.69, 9.17) is 10.5 Å². The third-order valence-electron chi connectivity index (χ3n) is 3.17. The number of primary amides is 1. The maximum absolute atomic E-state index is 12.3. The summed E-state index contributed by atoms with van der Waals surface area (Å²) in [5, 5.41) is 0. The van der Waals surface area contributed by atoms with Crippen LogP contribution in [0, 0.1) is 5.92 Å². The fourth-order valence-electron chi connectivity index (χ4n) is 2.19. The summed E-state index contributed by atoms with van der Waals surface area (Å²) >= 11 is 0. The van der Waals surface area contributed by atoms with Gasteiger partial charge in [-0.1, -0.05) is 44.2 Å². The van der Waals surface area contributed by atoms with Crippen LogP contribution in [0.2, 0.25) is 0 Å². The monoisotopic (exact) mass is 306 g/mol. The molecule has 0 saturated heterocycles. The van der Waals surface area contributed by atoms with Crippen molar-refractivity contribution in [2.24, 2.45) is 11.7 Å². The molecule has 0 aliphatic carbocycles. The molecule has 1 unspecified atom stereocenters. The van der Waals surface area contributed by atoms with Crippen molar-refractivity contribution >= 4 is 17.8 Å². The first-order valence-corrected chi connectivity index (χ1v) is 7.19. The number of rotatable bonds is 7. The van der Waals surface area contributed by atoms with E-state index in [0.29, 0.717) is 5.56 Å². The van der Waals surface area contributed by atoms with Crippen LogP contribution < -0.4 is 5.73 Å². The number of nitrogens with zero attached hydrogens (tertiary/aromatic N) is 1. The summed E-state index contributed by atoms with van der Waals surface area (Å²) in [7, 11) is 0. The molecule has 22 heavy (non-hydrogen) atoms. The van der Waals surface area contributed by atoms with Crippen LogP contribution in [0.15, 0.2) is 30.3 Å². The third-order valence-corrected chi connectivity index (χ3v) is 3.17. The largest absolute Gasteiger partial charge is 0.450 e. The molecule has 2 amide bonds. The van der Waals surface area contributed by atoms with Gasteiger partial charge in [0.25, 0.3) is 0 Å². The molecule has 1 rings (SSSR count). The van der Waals surface area contributed by atoms with Crippen molar-refractivity contribution in [3.63, 3.8) is 0 Å². The molecule has 0 saturated carbocycles. The van der Waals surface area contributed by atoms with E-state index in [1.807, 2.05) is 0 Å². The summed E-state index contributed by atoms with van der Waals surface area (Å²) in [5.74, 6) is -1.17. The Hall–Kier alpha value is -2.37. The summed E-state index contributed by atoms with van der Waals surface area (Å²) in [4.78, 5) is 37.2. The Balaban J connectivity index is 3.02. The minimum absolute atomic E-state index is 0.151. The van der Waals surface area contributed by atoms with Crippen molar-refractivity contribution in [1.82, 2.24) is 4.90 Å². The molecule has 6 heteroatoms. The van der Waals surface area contributed by atoms with Crippen LogP contribution in [-0.2, 0) is 9.53 Å². The molecule has 1 aromatic carbocycles. The zero-order valence-corrected chi connectivity index (χ0v) is 13.1. The van der Waals surface area contributed by atoms with E-state index >= 15 is 0 Å². The molecular weight excluding hydrogens is 284 g/mol.